The molecule has 8 nitrogen and oxygen atoms in total. The van der Waals surface area contributed by atoms with Gasteiger partial charge < -0.3 is 15.1 Å². The standard InChI is InChI=1S/C13H20N4O4/c1-4-16(9(2)8-21-3)13(18)11-7-10(17(19)20)5-6-12(11)15-14/h5-7,9,15H,4,8,14H2,1-3H3. The Balaban J connectivity index is 3.19. The number of nitro benzene ring substituents is 1. The number of nitrogens with zero attached hydrogens (tertiary/aromatic N) is 2. The number of nitrogen functional groups attached to an aromatic ring is 1. The predicted octanol–water partition coefficient (Wildman–Crippen LogP) is 1.38. The average Bonchev–Trinajstić information content (AvgIpc) is 2.47. The maximum atomic E-state index is 12.6. The van der Waals surface area contributed by atoms with Crippen molar-refractivity contribution in [2.24, 2.45) is 5.84 Å². The summed E-state index contributed by atoms with van der Waals surface area (Å²) in [6.45, 7) is 4.50. The van der Waals surface area contributed by atoms with Gasteiger partial charge in [-0.3, -0.25) is 20.8 Å². The highest BCUT2D eigenvalue weighted by molar-refractivity contribution is 6.00. The molecule has 0 fully saturated rings. The number of nitrogens with one attached hydrogen (secondary N) is 1. The Kier molecular flexibility index (Phi) is 6.07. The largest absolute Gasteiger partial charge is 0.383 e. The van der Waals surface area contributed by atoms with Crippen LogP contribution in [0.2, 0.25) is 0 Å². The van der Waals surface area contributed by atoms with Crippen LogP contribution in [0, 0.1) is 10.1 Å². The molecule has 21 heavy (non-hydrogen) atoms. The van der Waals surface area contributed by atoms with Gasteiger partial charge in [0.1, 0.15) is 0 Å². The third-order valence-corrected chi connectivity index (χ3v) is 3.14. The van der Waals surface area contributed by atoms with Crippen LogP contribution in [-0.4, -0.2) is 42.0 Å². The summed E-state index contributed by atoms with van der Waals surface area (Å²) in [4.78, 5) is 24.5. The van der Waals surface area contributed by atoms with Gasteiger partial charge in [0.25, 0.3) is 11.6 Å². The first kappa shape index (κ1) is 16.9. The van der Waals surface area contributed by atoms with Gasteiger partial charge >= 0.3 is 0 Å². The first-order chi connectivity index (χ1) is 9.96. The predicted molar refractivity (Wildman–Crippen MR) is 79.0 cm³/mol. The van der Waals surface area contributed by atoms with Crippen molar-refractivity contribution >= 4 is 17.3 Å². The Morgan fingerprint density at radius 1 is 1.57 bits per heavy atom. The van der Waals surface area contributed by atoms with E-state index in [0.717, 1.165) is 0 Å². The Morgan fingerprint density at radius 2 is 2.24 bits per heavy atom. The van der Waals surface area contributed by atoms with E-state index < -0.39 is 4.92 Å². The lowest BCUT2D eigenvalue weighted by Crippen LogP contribution is -2.41. The molecule has 1 unspecified atom stereocenters. The summed E-state index contributed by atoms with van der Waals surface area (Å²) in [6.07, 6.45) is 0. The summed E-state index contributed by atoms with van der Waals surface area (Å²) in [5, 5.41) is 10.9. The van der Waals surface area contributed by atoms with E-state index in [4.69, 9.17) is 10.6 Å². The number of nitrogens with two attached hydrogens (primary N) is 1. The number of ether oxygens (including phenoxy) is 1. The fourth-order valence-electron chi connectivity index (χ4n) is 2.09. The molecule has 0 radical (unpaired) electrons. The van der Waals surface area contributed by atoms with E-state index in [1.165, 1.54) is 18.2 Å². The lowest BCUT2D eigenvalue weighted by molar-refractivity contribution is -0.384. The molecule has 0 aliphatic rings. The smallest absolute Gasteiger partial charge is 0.270 e. The number of likely N-dealkylation sites (N-methyl/N-ethyl adjacent to an activating group) is 1. The quantitative estimate of drug-likeness (QED) is 0.446. The van der Waals surface area contributed by atoms with E-state index in [0.29, 0.717) is 18.8 Å². The molecular weight excluding hydrogens is 276 g/mol. The second kappa shape index (κ2) is 7.55. The van der Waals surface area contributed by atoms with Crippen molar-refractivity contribution in [1.29, 1.82) is 0 Å². The first-order valence-electron chi connectivity index (χ1n) is 6.51. The van der Waals surface area contributed by atoms with Gasteiger partial charge in [-0.2, -0.15) is 0 Å². The fraction of sp³-hybridized carbons (Fsp3) is 0.462. The summed E-state index contributed by atoms with van der Waals surface area (Å²) in [7, 11) is 1.55. The first-order valence-corrected chi connectivity index (χ1v) is 6.51. The summed E-state index contributed by atoms with van der Waals surface area (Å²) >= 11 is 0. The van der Waals surface area contributed by atoms with Crippen LogP contribution in [0.25, 0.3) is 0 Å². The summed E-state index contributed by atoms with van der Waals surface area (Å²) in [6, 6.07) is 3.78. The zero-order valence-electron chi connectivity index (χ0n) is 12.3. The summed E-state index contributed by atoms with van der Waals surface area (Å²) in [5.74, 6) is 5.04. The van der Waals surface area contributed by atoms with E-state index in [9.17, 15) is 14.9 Å². The Hall–Kier alpha value is -2.19. The monoisotopic (exact) mass is 296 g/mol. The van der Waals surface area contributed by atoms with Crippen LogP contribution in [0.15, 0.2) is 18.2 Å². The maximum absolute atomic E-state index is 12.6. The van der Waals surface area contributed by atoms with Gasteiger partial charge in [-0.1, -0.05) is 0 Å². The van der Waals surface area contributed by atoms with Gasteiger partial charge in [-0.15, -0.1) is 0 Å². The SMILES string of the molecule is CCN(C(=O)c1cc([N+](=O)[O-])ccc1NN)C(C)COC. The molecule has 0 aliphatic heterocycles. The zero-order chi connectivity index (χ0) is 16.0. The molecule has 0 saturated carbocycles. The van der Waals surface area contributed by atoms with E-state index in [1.807, 2.05) is 13.8 Å². The number of methoxy groups -OCH3 is 1. The lowest BCUT2D eigenvalue weighted by atomic mass is 10.1. The molecule has 1 rings (SSSR count). The molecule has 0 aromatic heterocycles. The van der Waals surface area contributed by atoms with Crippen molar-refractivity contribution in [3.8, 4) is 0 Å². The van der Waals surface area contributed by atoms with Crippen LogP contribution in [0.1, 0.15) is 24.2 Å². The molecule has 1 amide bonds. The molecule has 0 bridgehead atoms. The van der Waals surface area contributed by atoms with Gasteiger partial charge in [0.15, 0.2) is 0 Å². The Bertz CT molecular complexity index is 521. The molecule has 0 saturated heterocycles. The molecule has 3 N–H and O–H groups in total. The molecular formula is C13H20N4O4. The van der Waals surface area contributed by atoms with Crippen molar-refractivity contribution in [1.82, 2.24) is 4.90 Å². The minimum absolute atomic E-state index is 0.155. The van der Waals surface area contributed by atoms with Gasteiger partial charge in [0.05, 0.1) is 28.8 Å². The Morgan fingerprint density at radius 3 is 2.71 bits per heavy atom. The minimum atomic E-state index is -0.550. The average molecular weight is 296 g/mol. The molecule has 8 heteroatoms. The number of nitro groups is 1. The highest BCUT2D eigenvalue weighted by Crippen LogP contribution is 2.23. The van der Waals surface area contributed by atoms with E-state index in [-0.39, 0.29) is 23.2 Å². The fourth-order valence-corrected chi connectivity index (χ4v) is 2.09. The van der Waals surface area contributed by atoms with Crippen molar-refractivity contribution in [2.45, 2.75) is 19.9 Å². The van der Waals surface area contributed by atoms with Gasteiger partial charge in [0.2, 0.25) is 0 Å². The second-order valence-corrected chi connectivity index (χ2v) is 4.53. The van der Waals surface area contributed by atoms with Crippen LogP contribution in [0.5, 0.6) is 0 Å². The van der Waals surface area contributed by atoms with Gasteiger partial charge in [-0.05, 0) is 19.9 Å². The number of hydrogen-bond donors (Lipinski definition) is 2. The van der Waals surface area contributed by atoms with Crippen LogP contribution < -0.4 is 11.3 Å². The topological polar surface area (TPSA) is 111 Å². The van der Waals surface area contributed by atoms with Gasteiger partial charge in [0, 0.05) is 25.8 Å². The van der Waals surface area contributed by atoms with Crippen molar-refractivity contribution in [3.05, 3.63) is 33.9 Å². The van der Waals surface area contributed by atoms with Gasteiger partial charge in [-0.25, -0.2) is 0 Å². The third-order valence-electron chi connectivity index (χ3n) is 3.14. The van der Waals surface area contributed by atoms with E-state index >= 15 is 0 Å². The third kappa shape index (κ3) is 3.89. The number of non-ortho nitro benzene ring substituents is 1. The van der Waals surface area contributed by atoms with E-state index in [1.54, 1.807) is 12.0 Å². The summed E-state index contributed by atoms with van der Waals surface area (Å²) < 4.78 is 5.05. The lowest BCUT2D eigenvalue weighted by Gasteiger charge is -2.28. The Labute approximate surface area is 123 Å². The number of amides is 1. The molecule has 1 aromatic carbocycles. The van der Waals surface area contributed by atoms with Crippen molar-refractivity contribution in [2.75, 3.05) is 25.7 Å². The minimum Gasteiger partial charge on any atom is -0.383 e. The number of hydrogen-bond acceptors (Lipinski definition) is 6. The van der Waals surface area contributed by atoms with Crippen LogP contribution in [0.4, 0.5) is 11.4 Å². The number of benzene rings is 1. The number of rotatable bonds is 7. The number of carbonyl (C=O) groups excluding carboxylic acids is 1. The molecule has 0 spiro atoms. The molecule has 1 aromatic rings. The van der Waals surface area contributed by atoms with Crippen LogP contribution >= 0.6 is 0 Å². The van der Waals surface area contributed by atoms with Crippen molar-refractivity contribution < 1.29 is 14.5 Å². The second-order valence-electron chi connectivity index (χ2n) is 4.53. The highest BCUT2D eigenvalue weighted by atomic mass is 16.6. The number of carbonyl (C=O) groups is 1. The zero-order valence-corrected chi connectivity index (χ0v) is 12.3. The van der Waals surface area contributed by atoms with E-state index in [2.05, 4.69) is 5.43 Å². The number of anilines is 1. The molecule has 116 valence electrons. The van der Waals surface area contributed by atoms with Crippen molar-refractivity contribution in [3.63, 3.8) is 0 Å². The molecule has 1 atom stereocenters. The molecule has 0 heterocycles. The highest BCUT2D eigenvalue weighted by Gasteiger charge is 2.24. The normalized spacial score (nSPS) is 11.8. The van der Waals surface area contributed by atoms with Crippen LogP contribution in [0.3, 0.4) is 0 Å². The van der Waals surface area contributed by atoms with Crippen LogP contribution in [-0.2, 0) is 4.74 Å². The maximum Gasteiger partial charge on any atom is 0.270 e. The number of hydrazine groups is 1. The molecule has 0 aliphatic carbocycles. The summed E-state index contributed by atoms with van der Waals surface area (Å²) in [5.41, 5.74) is 2.74.